The number of likely N-dealkylation sites (tertiary alicyclic amines) is 1. The summed E-state index contributed by atoms with van der Waals surface area (Å²) < 4.78 is 1.96. The van der Waals surface area contributed by atoms with Crippen LogP contribution in [-0.2, 0) is 4.79 Å². The summed E-state index contributed by atoms with van der Waals surface area (Å²) in [5.74, 6) is -0.447. The zero-order chi connectivity index (χ0) is 17.3. The van der Waals surface area contributed by atoms with Gasteiger partial charge in [0.05, 0.1) is 12.1 Å². The van der Waals surface area contributed by atoms with Crippen LogP contribution in [0.5, 0.6) is 0 Å². The van der Waals surface area contributed by atoms with E-state index in [1.54, 1.807) is 17.0 Å². The summed E-state index contributed by atoms with van der Waals surface area (Å²) in [6.45, 7) is 1.27. The average molecular weight is 330 g/mol. The molecule has 0 bridgehead atoms. The van der Waals surface area contributed by atoms with Crippen LogP contribution in [0.2, 0.25) is 0 Å². The van der Waals surface area contributed by atoms with Crippen LogP contribution in [0.3, 0.4) is 0 Å². The van der Waals surface area contributed by atoms with Gasteiger partial charge < -0.3 is 26.0 Å². The first-order valence-corrected chi connectivity index (χ1v) is 8.07. The van der Waals surface area contributed by atoms with E-state index in [1.165, 1.54) is 0 Å². The lowest BCUT2D eigenvalue weighted by Gasteiger charge is -2.18. The fourth-order valence-electron chi connectivity index (χ4n) is 3.26. The molecule has 0 aliphatic carbocycles. The minimum atomic E-state index is -0.627. The van der Waals surface area contributed by atoms with Gasteiger partial charge in [-0.05, 0) is 37.2 Å². The fourth-order valence-corrected chi connectivity index (χ4v) is 3.26. The molecule has 1 saturated heterocycles. The molecule has 0 radical (unpaired) electrons. The topological polar surface area (TPSA) is 115 Å². The first-order valence-electron chi connectivity index (χ1n) is 8.07. The van der Waals surface area contributed by atoms with Crippen LogP contribution in [0.1, 0.15) is 29.2 Å². The average Bonchev–Trinajstić information content (AvgIpc) is 3.15. The molecule has 2 atom stereocenters. The first kappa shape index (κ1) is 16.5. The Morgan fingerprint density at radius 2 is 2.04 bits per heavy atom. The molecule has 1 aromatic heterocycles. The van der Waals surface area contributed by atoms with Crippen LogP contribution in [-0.4, -0.2) is 52.1 Å². The smallest absolute Gasteiger partial charge is 0.248 e. The molecule has 2 amide bonds. The Hall–Kier alpha value is -2.38. The van der Waals surface area contributed by atoms with Gasteiger partial charge in [0, 0.05) is 42.2 Å². The van der Waals surface area contributed by atoms with Crippen LogP contribution >= 0.6 is 0 Å². The standard InChI is InChI=1S/C17H22N4O3/c18-6-1-2-16(23)20-9-14(15(22)10-20)21-7-5-11-8-12(17(19)24)3-4-13(11)21/h3-5,7-8,14-15,22H,1-2,6,9-10,18H2,(H2,19,24)/t14-,15-/m1/s1. The molecule has 2 heterocycles. The molecule has 7 heteroatoms. The molecule has 5 N–H and O–H groups in total. The van der Waals surface area contributed by atoms with Crippen molar-refractivity contribution >= 4 is 22.7 Å². The third-order valence-corrected chi connectivity index (χ3v) is 4.57. The van der Waals surface area contributed by atoms with Crippen LogP contribution in [0.25, 0.3) is 10.9 Å². The number of carbonyl (C=O) groups is 2. The second-order valence-corrected chi connectivity index (χ2v) is 6.19. The number of benzene rings is 1. The summed E-state index contributed by atoms with van der Waals surface area (Å²) in [4.78, 5) is 25.1. The zero-order valence-electron chi connectivity index (χ0n) is 13.4. The molecule has 1 aliphatic rings. The van der Waals surface area contributed by atoms with Crippen molar-refractivity contribution in [3.8, 4) is 0 Å². The normalized spacial score (nSPS) is 20.7. The third-order valence-electron chi connectivity index (χ3n) is 4.57. The number of fused-ring (bicyclic) bond motifs is 1. The van der Waals surface area contributed by atoms with Crippen molar-refractivity contribution in [2.45, 2.75) is 25.0 Å². The molecule has 3 rings (SSSR count). The molecule has 2 aromatic rings. The highest BCUT2D eigenvalue weighted by Gasteiger charge is 2.35. The maximum Gasteiger partial charge on any atom is 0.248 e. The highest BCUT2D eigenvalue weighted by Crippen LogP contribution is 2.28. The SMILES string of the molecule is NCCCC(=O)N1C[C@@H](O)[C@H](n2ccc3cc(C(N)=O)ccc32)C1. The lowest BCUT2D eigenvalue weighted by Crippen LogP contribution is -2.29. The minimum absolute atomic E-state index is 0.0227. The summed E-state index contributed by atoms with van der Waals surface area (Å²) >= 11 is 0. The molecule has 0 saturated carbocycles. The Bertz CT molecular complexity index is 770. The van der Waals surface area contributed by atoms with E-state index >= 15 is 0 Å². The Balaban J connectivity index is 1.83. The van der Waals surface area contributed by atoms with E-state index in [0.717, 1.165) is 10.9 Å². The van der Waals surface area contributed by atoms with Gasteiger partial charge in [0.2, 0.25) is 11.8 Å². The summed E-state index contributed by atoms with van der Waals surface area (Å²) in [5, 5.41) is 11.3. The van der Waals surface area contributed by atoms with Gasteiger partial charge in [-0.3, -0.25) is 9.59 Å². The van der Waals surface area contributed by atoms with Crippen LogP contribution < -0.4 is 11.5 Å². The van der Waals surface area contributed by atoms with Crippen molar-refractivity contribution in [1.29, 1.82) is 0 Å². The lowest BCUT2D eigenvalue weighted by atomic mass is 10.1. The predicted molar refractivity (Wildman–Crippen MR) is 90.4 cm³/mol. The van der Waals surface area contributed by atoms with Gasteiger partial charge in [-0.25, -0.2) is 0 Å². The van der Waals surface area contributed by atoms with E-state index in [-0.39, 0.29) is 11.9 Å². The Morgan fingerprint density at radius 3 is 2.75 bits per heavy atom. The molecule has 1 fully saturated rings. The number of primary amides is 1. The number of aromatic nitrogens is 1. The predicted octanol–water partition coefficient (Wildman–Crippen LogP) is 0.223. The van der Waals surface area contributed by atoms with E-state index in [2.05, 4.69) is 0 Å². The van der Waals surface area contributed by atoms with Crippen LogP contribution in [0.4, 0.5) is 0 Å². The van der Waals surface area contributed by atoms with Gasteiger partial charge >= 0.3 is 0 Å². The van der Waals surface area contributed by atoms with Crippen molar-refractivity contribution in [3.63, 3.8) is 0 Å². The van der Waals surface area contributed by atoms with Gasteiger partial charge in [-0.2, -0.15) is 0 Å². The molecule has 0 spiro atoms. The molecule has 1 aliphatic heterocycles. The Labute approximate surface area is 139 Å². The van der Waals surface area contributed by atoms with Gasteiger partial charge in [0.15, 0.2) is 0 Å². The zero-order valence-corrected chi connectivity index (χ0v) is 13.4. The summed E-state index contributed by atoms with van der Waals surface area (Å²) in [7, 11) is 0. The number of rotatable bonds is 5. The number of aliphatic hydroxyl groups excluding tert-OH is 1. The van der Waals surface area contributed by atoms with Crippen LogP contribution in [0.15, 0.2) is 30.5 Å². The van der Waals surface area contributed by atoms with Crippen molar-refractivity contribution in [1.82, 2.24) is 9.47 Å². The van der Waals surface area contributed by atoms with Crippen molar-refractivity contribution < 1.29 is 14.7 Å². The lowest BCUT2D eigenvalue weighted by molar-refractivity contribution is -0.130. The second kappa shape index (κ2) is 6.62. The van der Waals surface area contributed by atoms with E-state index < -0.39 is 12.0 Å². The highest BCUT2D eigenvalue weighted by molar-refractivity contribution is 5.97. The number of amides is 2. The summed E-state index contributed by atoms with van der Waals surface area (Å²) in [5.41, 5.74) is 12.1. The van der Waals surface area contributed by atoms with Crippen molar-refractivity contribution in [2.75, 3.05) is 19.6 Å². The number of nitrogens with two attached hydrogens (primary N) is 2. The van der Waals surface area contributed by atoms with E-state index in [0.29, 0.717) is 38.0 Å². The number of hydrogen-bond donors (Lipinski definition) is 3. The molecule has 128 valence electrons. The van der Waals surface area contributed by atoms with Gasteiger partial charge in [-0.15, -0.1) is 0 Å². The van der Waals surface area contributed by atoms with E-state index in [9.17, 15) is 14.7 Å². The Morgan fingerprint density at radius 1 is 1.25 bits per heavy atom. The van der Waals surface area contributed by atoms with Gasteiger partial charge in [-0.1, -0.05) is 0 Å². The molecule has 7 nitrogen and oxygen atoms in total. The van der Waals surface area contributed by atoms with Crippen molar-refractivity contribution in [2.24, 2.45) is 11.5 Å². The monoisotopic (exact) mass is 330 g/mol. The maximum absolute atomic E-state index is 12.1. The fraction of sp³-hybridized carbons (Fsp3) is 0.412. The quantitative estimate of drug-likeness (QED) is 0.727. The molecule has 1 aromatic carbocycles. The highest BCUT2D eigenvalue weighted by atomic mass is 16.3. The van der Waals surface area contributed by atoms with Gasteiger partial charge in [0.25, 0.3) is 0 Å². The Kier molecular flexibility index (Phi) is 4.55. The second-order valence-electron chi connectivity index (χ2n) is 6.19. The number of hydrogen-bond acceptors (Lipinski definition) is 4. The number of β-amino-alcohol motifs (C(OH)–C–C–N with tert-alkyl or cyclic N) is 1. The van der Waals surface area contributed by atoms with Gasteiger partial charge in [0.1, 0.15) is 0 Å². The van der Waals surface area contributed by atoms with E-state index in [4.69, 9.17) is 11.5 Å². The van der Waals surface area contributed by atoms with E-state index in [1.807, 2.05) is 22.9 Å². The third kappa shape index (κ3) is 3.00. The minimum Gasteiger partial charge on any atom is -0.389 e. The van der Waals surface area contributed by atoms with Crippen molar-refractivity contribution in [3.05, 3.63) is 36.0 Å². The number of aliphatic hydroxyl groups is 1. The molecule has 24 heavy (non-hydrogen) atoms. The summed E-state index contributed by atoms with van der Waals surface area (Å²) in [6, 6.07) is 6.91. The maximum atomic E-state index is 12.1. The number of nitrogens with zero attached hydrogens (tertiary/aromatic N) is 2. The summed E-state index contributed by atoms with van der Waals surface area (Å²) in [6.07, 6.45) is 2.30. The number of carbonyl (C=O) groups excluding carboxylic acids is 2. The largest absolute Gasteiger partial charge is 0.389 e. The molecule has 0 unspecified atom stereocenters. The first-order chi connectivity index (χ1) is 11.5. The van der Waals surface area contributed by atoms with Crippen LogP contribution in [0, 0.1) is 0 Å². The molecular formula is C17H22N4O3. The molecular weight excluding hydrogens is 308 g/mol.